The van der Waals surface area contributed by atoms with Gasteiger partial charge in [0.1, 0.15) is 24.6 Å². The summed E-state index contributed by atoms with van der Waals surface area (Å²) in [5, 5.41) is 2.34. The Labute approximate surface area is 153 Å². The van der Waals surface area contributed by atoms with Gasteiger partial charge in [-0.1, -0.05) is 12.1 Å². The molecule has 8 heteroatoms. The number of carbonyl (C=O) groups is 2. The average Bonchev–Trinajstić information content (AvgIpc) is 2.65. The van der Waals surface area contributed by atoms with Gasteiger partial charge in [0, 0.05) is 17.8 Å². The maximum absolute atomic E-state index is 13.1. The molecule has 0 atom stereocenters. The lowest BCUT2D eigenvalue weighted by Crippen LogP contribution is -2.30. The second kappa shape index (κ2) is 7.77. The number of nitrogens with one attached hydrogen (secondary N) is 1. The van der Waals surface area contributed by atoms with E-state index in [1.54, 1.807) is 12.3 Å². The summed E-state index contributed by atoms with van der Waals surface area (Å²) in [5.74, 6) is -1.84. The number of carbonyl (C=O) groups excluding carboxylic acids is 2. The number of esters is 1. The Morgan fingerprint density at radius 1 is 1.22 bits per heavy atom. The second-order valence-corrected chi connectivity index (χ2v) is 5.87. The molecule has 0 aliphatic heterocycles. The van der Waals surface area contributed by atoms with Crippen LogP contribution >= 0.6 is 0 Å². The minimum Gasteiger partial charge on any atom is -0.458 e. The predicted molar refractivity (Wildman–Crippen MR) is 94.7 cm³/mol. The van der Waals surface area contributed by atoms with Gasteiger partial charge in [0.25, 0.3) is 11.5 Å². The Morgan fingerprint density at radius 3 is 2.81 bits per heavy atom. The van der Waals surface area contributed by atoms with E-state index >= 15 is 0 Å². The molecule has 3 aromatic rings. The summed E-state index contributed by atoms with van der Waals surface area (Å²) in [6.45, 7) is 1.27. The molecule has 0 aliphatic rings. The Kier molecular flexibility index (Phi) is 5.25. The Hall–Kier alpha value is -3.55. The molecule has 2 aromatic heterocycles. The molecule has 3 rings (SSSR count). The summed E-state index contributed by atoms with van der Waals surface area (Å²) in [4.78, 5) is 40.0. The number of nitrogens with zero attached hydrogens (tertiary/aromatic N) is 2. The zero-order valence-electron chi connectivity index (χ0n) is 14.4. The highest BCUT2D eigenvalue weighted by atomic mass is 19.1. The van der Waals surface area contributed by atoms with E-state index in [0.29, 0.717) is 11.3 Å². The fourth-order valence-electron chi connectivity index (χ4n) is 2.42. The normalized spacial score (nSPS) is 10.6. The van der Waals surface area contributed by atoms with Crippen LogP contribution in [0.1, 0.15) is 21.6 Å². The van der Waals surface area contributed by atoms with E-state index in [0.717, 1.165) is 11.6 Å². The van der Waals surface area contributed by atoms with Gasteiger partial charge in [0.05, 0.1) is 5.69 Å². The molecule has 0 saturated carbocycles. The molecule has 2 heterocycles. The van der Waals surface area contributed by atoms with Gasteiger partial charge in [-0.15, -0.1) is 0 Å². The first-order valence-corrected chi connectivity index (χ1v) is 8.11. The summed E-state index contributed by atoms with van der Waals surface area (Å²) < 4.78 is 19.5. The first kappa shape index (κ1) is 18.2. The molecule has 0 aliphatic carbocycles. The van der Waals surface area contributed by atoms with Crippen molar-refractivity contribution in [3.8, 4) is 0 Å². The first-order valence-electron chi connectivity index (χ1n) is 8.11. The molecule has 0 unspecified atom stereocenters. The van der Waals surface area contributed by atoms with E-state index in [4.69, 9.17) is 4.74 Å². The van der Waals surface area contributed by atoms with Crippen LogP contribution in [0.15, 0.2) is 53.5 Å². The number of ether oxygens (including phenoxy) is 1. The van der Waals surface area contributed by atoms with Crippen LogP contribution in [0.2, 0.25) is 0 Å². The number of hydrogen-bond donors (Lipinski definition) is 1. The van der Waals surface area contributed by atoms with E-state index in [1.807, 2.05) is 13.0 Å². The number of pyridine rings is 1. The number of hydrogen-bond acceptors (Lipinski definition) is 5. The number of aryl methyl sites for hydroxylation is 1. The molecule has 1 N–H and O–H groups in total. The van der Waals surface area contributed by atoms with E-state index in [-0.39, 0.29) is 24.3 Å². The van der Waals surface area contributed by atoms with Gasteiger partial charge < -0.3 is 10.1 Å². The standard InChI is InChI=1S/C19H16FN3O4/c1-12-5-6-16-22-15(8-17(24)23(16)10-12)11-27-18(25)9-21-19(26)13-3-2-4-14(20)7-13/h2-8,10H,9,11H2,1H3,(H,21,26). The van der Waals surface area contributed by atoms with Crippen LogP contribution in [0.5, 0.6) is 0 Å². The highest BCUT2D eigenvalue weighted by molar-refractivity contribution is 5.95. The molecular weight excluding hydrogens is 353 g/mol. The minimum absolute atomic E-state index is 0.0994. The van der Waals surface area contributed by atoms with Crippen LogP contribution in [-0.2, 0) is 16.1 Å². The summed E-state index contributed by atoms with van der Waals surface area (Å²) in [5.41, 5.74) is 1.48. The Bertz CT molecular complexity index is 1080. The molecule has 0 fully saturated rings. The minimum atomic E-state index is -0.703. The zero-order valence-corrected chi connectivity index (χ0v) is 14.4. The van der Waals surface area contributed by atoms with Crippen molar-refractivity contribution in [2.24, 2.45) is 0 Å². The topological polar surface area (TPSA) is 89.8 Å². The number of aromatic nitrogens is 2. The van der Waals surface area contributed by atoms with E-state index in [1.165, 1.54) is 28.7 Å². The highest BCUT2D eigenvalue weighted by Crippen LogP contribution is 2.04. The van der Waals surface area contributed by atoms with E-state index in [2.05, 4.69) is 10.3 Å². The summed E-state index contributed by atoms with van der Waals surface area (Å²) in [7, 11) is 0. The SMILES string of the molecule is Cc1ccc2nc(COC(=O)CNC(=O)c3cccc(F)c3)cc(=O)n2c1. The van der Waals surface area contributed by atoms with Gasteiger partial charge in [-0.05, 0) is 36.8 Å². The summed E-state index contributed by atoms with van der Waals surface area (Å²) in [6.07, 6.45) is 1.67. The maximum atomic E-state index is 13.1. The number of rotatable bonds is 5. The van der Waals surface area contributed by atoms with Gasteiger partial charge in [-0.25, -0.2) is 9.37 Å². The van der Waals surface area contributed by atoms with Crippen molar-refractivity contribution in [3.63, 3.8) is 0 Å². The molecule has 1 aromatic carbocycles. The van der Waals surface area contributed by atoms with Crippen molar-refractivity contribution in [2.75, 3.05) is 6.54 Å². The fourth-order valence-corrected chi connectivity index (χ4v) is 2.42. The quantitative estimate of drug-likeness (QED) is 0.690. The molecule has 0 saturated heterocycles. The smallest absolute Gasteiger partial charge is 0.325 e. The number of fused-ring (bicyclic) bond motifs is 1. The molecule has 27 heavy (non-hydrogen) atoms. The van der Waals surface area contributed by atoms with Crippen LogP contribution in [0.25, 0.3) is 5.65 Å². The lowest BCUT2D eigenvalue weighted by molar-refractivity contribution is -0.143. The molecule has 0 spiro atoms. The maximum Gasteiger partial charge on any atom is 0.325 e. The lowest BCUT2D eigenvalue weighted by atomic mass is 10.2. The number of amides is 1. The van der Waals surface area contributed by atoms with Gasteiger partial charge in [-0.2, -0.15) is 0 Å². The van der Waals surface area contributed by atoms with Crippen molar-refractivity contribution in [1.29, 1.82) is 0 Å². The first-order chi connectivity index (χ1) is 12.9. The van der Waals surface area contributed by atoms with Gasteiger partial charge in [0.2, 0.25) is 0 Å². The monoisotopic (exact) mass is 369 g/mol. The molecule has 1 amide bonds. The Balaban J connectivity index is 1.58. The van der Waals surface area contributed by atoms with E-state index < -0.39 is 17.7 Å². The fraction of sp³-hybridized carbons (Fsp3) is 0.158. The molecule has 0 bridgehead atoms. The third-order valence-electron chi connectivity index (χ3n) is 3.72. The summed E-state index contributed by atoms with van der Waals surface area (Å²) in [6, 6.07) is 9.90. The van der Waals surface area contributed by atoms with Crippen molar-refractivity contribution >= 4 is 17.5 Å². The predicted octanol–water partition coefficient (Wildman–Crippen LogP) is 1.62. The van der Waals surface area contributed by atoms with Crippen LogP contribution in [0, 0.1) is 12.7 Å². The second-order valence-electron chi connectivity index (χ2n) is 5.87. The van der Waals surface area contributed by atoms with Gasteiger partial charge >= 0.3 is 5.97 Å². The third kappa shape index (κ3) is 4.55. The van der Waals surface area contributed by atoms with Crippen LogP contribution in [0.4, 0.5) is 4.39 Å². The van der Waals surface area contributed by atoms with Crippen molar-refractivity contribution in [3.05, 3.63) is 81.7 Å². The Morgan fingerprint density at radius 2 is 2.04 bits per heavy atom. The van der Waals surface area contributed by atoms with Gasteiger partial charge in [-0.3, -0.25) is 18.8 Å². The van der Waals surface area contributed by atoms with Crippen molar-refractivity contribution in [1.82, 2.24) is 14.7 Å². The molecule has 138 valence electrons. The third-order valence-corrected chi connectivity index (χ3v) is 3.72. The average molecular weight is 369 g/mol. The highest BCUT2D eigenvalue weighted by Gasteiger charge is 2.11. The number of halogens is 1. The number of benzene rings is 1. The largest absolute Gasteiger partial charge is 0.458 e. The van der Waals surface area contributed by atoms with Gasteiger partial charge in [0.15, 0.2) is 0 Å². The van der Waals surface area contributed by atoms with Crippen molar-refractivity contribution in [2.45, 2.75) is 13.5 Å². The molecular formula is C19H16FN3O4. The zero-order chi connectivity index (χ0) is 19.4. The van der Waals surface area contributed by atoms with Crippen LogP contribution in [-0.4, -0.2) is 27.8 Å². The van der Waals surface area contributed by atoms with Crippen LogP contribution < -0.4 is 10.9 Å². The van der Waals surface area contributed by atoms with E-state index in [9.17, 15) is 18.8 Å². The molecule has 0 radical (unpaired) electrons. The van der Waals surface area contributed by atoms with Crippen LogP contribution in [0.3, 0.4) is 0 Å². The summed E-state index contributed by atoms with van der Waals surface area (Å²) >= 11 is 0. The lowest BCUT2D eigenvalue weighted by Gasteiger charge is -2.08. The molecule has 7 nitrogen and oxygen atoms in total. The van der Waals surface area contributed by atoms with Crippen molar-refractivity contribution < 1.29 is 18.7 Å².